The Morgan fingerprint density at radius 3 is 2.71 bits per heavy atom. The summed E-state index contributed by atoms with van der Waals surface area (Å²) in [5, 5.41) is 5.75. The van der Waals surface area contributed by atoms with Gasteiger partial charge in [0.05, 0.1) is 7.11 Å². The fourth-order valence-corrected chi connectivity index (χ4v) is 1.27. The number of ether oxygens (including phenoxy) is 1. The van der Waals surface area contributed by atoms with Crippen molar-refractivity contribution in [2.24, 2.45) is 5.14 Å². The molecule has 76 valence electrons. The number of nitrogens with two attached hydrogens (primary N) is 1. The molecular weight excluding hydrogens is 202 g/mol. The molecule has 0 fully saturated rings. The summed E-state index contributed by atoms with van der Waals surface area (Å²) >= 11 is 0. The minimum absolute atomic E-state index is 0.668. The normalized spacial score (nSPS) is 11.9. The number of rotatable bonds is 3. The Morgan fingerprint density at radius 1 is 1.43 bits per heavy atom. The molecule has 0 radical (unpaired) electrons. The van der Waals surface area contributed by atoms with Gasteiger partial charge in [0.15, 0.2) is 0 Å². The zero-order valence-corrected chi connectivity index (χ0v) is 8.49. The number of hydrogen-bond donors (Lipinski definition) is 1. The number of methoxy groups -OCH3 is 1. The SMILES string of the molecule is COc1cccc(/C=C/S(N)(=O)=O)c1. The molecular formula is C9H11NO3S. The highest BCUT2D eigenvalue weighted by Crippen LogP contribution is 2.13. The van der Waals surface area contributed by atoms with Gasteiger partial charge in [0.2, 0.25) is 10.0 Å². The van der Waals surface area contributed by atoms with E-state index in [1.54, 1.807) is 31.4 Å². The lowest BCUT2D eigenvalue weighted by Gasteiger charge is -1.99. The average molecular weight is 213 g/mol. The third kappa shape index (κ3) is 3.59. The van der Waals surface area contributed by atoms with Crippen LogP contribution in [-0.2, 0) is 10.0 Å². The first kappa shape index (κ1) is 10.7. The van der Waals surface area contributed by atoms with Gasteiger partial charge < -0.3 is 4.74 Å². The molecule has 0 aliphatic heterocycles. The van der Waals surface area contributed by atoms with Crippen LogP contribution in [0.5, 0.6) is 5.75 Å². The molecule has 0 spiro atoms. The first-order chi connectivity index (χ1) is 6.51. The summed E-state index contributed by atoms with van der Waals surface area (Å²) in [6, 6.07) is 7.00. The first-order valence-corrected chi connectivity index (χ1v) is 5.47. The van der Waals surface area contributed by atoms with Crippen molar-refractivity contribution in [1.29, 1.82) is 0 Å². The van der Waals surface area contributed by atoms with E-state index in [0.29, 0.717) is 5.75 Å². The Labute approximate surface area is 83.1 Å². The minimum atomic E-state index is -3.56. The molecule has 1 aromatic rings. The highest BCUT2D eigenvalue weighted by Gasteiger charge is 1.95. The van der Waals surface area contributed by atoms with Crippen LogP contribution in [-0.4, -0.2) is 15.5 Å². The van der Waals surface area contributed by atoms with Crippen molar-refractivity contribution in [1.82, 2.24) is 0 Å². The topological polar surface area (TPSA) is 69.4 Å². The van der Waals surface area contributed by atoms with Gasteiger partial charge >= 0.3 is 0 Å². The van der Waals surface area contributed by atoms with Crippen molar-refractivity contribution in [3.05, 3.63) is 35.2 Å². The highest BCUT2D eigenvalue weighted by molar-refractivity contribution is 7.92. The summed E-state index contributed by atoms with van der Waals surface area (Å²) in [5.74, 6) is 0.668. The number of benzene rings is 1. The van der Waals surface area contributed by atoms with Gasteiger partial charge in [-0.1, -0.05) is 12.1 Å². The Hall–Kier alpha value is -1.33. The van der Waals surface area contributed by atoms with Crippen LogP contribution < -0.4 is 9.88 Å². The zero-order valence-electron chi connectivity index (χ0n) is 7.67. The van der Waals surface area contributed by atoms with Gasteiger partial charge in [-0.3, -0.25) is 0 Å². The molecule has 0 saturated heterocycles. The van der Waals surface area contributed by atoms with Crippen molar-refractivity contribution in [2.75, 3.05) is 7.11 Å². The van der Waals surface area contributed by atoms with E-state index in [0.717, 1.165) is 11.0 Å². The maximum Gasteiger partial charge on any atom is 0.231 e. The molecule has 0 aromatic heterocycles. The molecule has 1 aromatic carbocycles. The molecule has 0 aliphatic rings. The summed E-state index contributed by atoms with van der Waals surface area (Å²) in [5.41, 5.74) is 0.721. The highest BCUT2D eigenvalue weighted by atomic mass is 32.2. The van der Waals surface area contributed by atoms with Crippen molar-refractivity contribution >= 4 is 16.1 Å². The molecule has 5 heteroatoms. The standard InChI is InChI=1S/C9H11NO3S/c1-13-9-4-2-3-8(7-9)5-6-14(10,11)12/h2-7H,1H3,(H2,10,11,12)/b6-5+. The van der Waals surface area contributed by atoms with Crippen LogP contribution in [0, 0.1) is 0 Å². The van der Waals surface area contributed by atoms with E-state index in [1.807, 2.05) is 0 Å². The maximum absolute atomic E-state index is 10.6. The Morgan fingerprint density at radius 2 is 2.14 bits per heavy atom. The third-order valence-electron chi connectivity index (χ3n) is 1.54. The smallest absolute Gasteiger partial charge is 0.231 e. The van der Waals surface area contributed by atoms with E-state index in [2.05, 4.69) is 0 Å². The van der Waals surface area contributed by atoms with Crippen LogP contribution in [0.25, 0.3) is 6.08 Å². The molecule has 1 rings (SSSR count). The van der Waals surface area contributed by atoms with Gasteiger partial charge in [-0.05, 0) is 23.8 Å². The third-order valence-corrected chi connectivity index (χ3v) is 2.06. The summed E-state index contributed by atoms with van der Waals surface area (Å²) in [6.07, 6.45) is 1.41. The first-order valence-electron chi connectivity index (χ1n) is 3.86. The molecule has 0 bridgehead atoms. The number of primary sulfonamides is 1. The summed E-state index contributed by atoms with van der Waals surface area (Å²) in [4.78, 5) is 0. The minimum Gasteiger partial charge on any atom is -0.497 e. The van der Waals surface area contributed by atoms with Crippen molar-refractivity contribution < 1.29 is 13.2 Å². The van der Waals surface area contributed by atoms with E-state index in [4.69, 9.17) is 9.88 Å². The molecule has 2 N–H and O–H groups in total. The van der Waals surface area contributed by atoms with Crippen molar-refractivity contribution in [2.45, 2.75) is 0 Å². The molecule has 0 saturated carbocycles. The van der Waals surface area contributed by atoms with Gasteiger partial charge in [0, 0.05) is 5.41 Å². The fraction of sp³-hybridized carbons (Fsp3) is 0.111. The van der Waals surface area contributed by atoms with Gasteiger partial charge in [-0.2, -0.15) is 0 Å². The van der Waals surface area contributed by atoms with E-state index in [1.165, 1.54) is 6.08 Å². The molecule has 0 heterocycles. The van der Waals surface area contributed by atoms with Gasteiger partial charge in [0.25, 0.3) is 0 Å². The maximum atomic E-state index is 10.6. The predicted molar refractivity (Wildman–Crippen MR) is 55.1 cm³/mol. The quantitative estimate of drug-likeness (QED) is 0.812. The lowest BCUT2D eigenvalue weighted by atomic mass is 10.2. The molecule has 0 atom stereocenters. The zero-order chi connectivity index (χ0) is 10.6. The van der Waals surface area contributed by atoms with Crippen LogP contribution in [0.15, 0.2) is 29.7 Å². The van der Waals surface area contributed by atoms with Gasteiger partial charge in [-0.25, -0.2) is 13.6 Å². The summed E-state index contributed by atoms with van der Waals surface area (Å²) in [6.45, 7) is 0. The second kappa shape index (κ2) is 4.26. The van der Waals surface area contributed by atoms with Crippen LogP contribution in [0.2, 0.25) is 0 Å². The molecule has 0 aliphatic carbocycles. The Kier molecular flexibility index (Phi) is 3.27. The molecule has 0 amide bonds. The van der Waals surface area contributed by atoms with Crippen LogP contribution in [0.1, 0.15) is 5.56 Å². The van der Waals surface area contributed by atoms with E-state index in [9.17, 15) is 8.42 Å². The van der Waals surface area contributed by atoms with Crippen molar-refractivity contribution in [3.8, 4) is 5.75 Å². The summed E-state index contributed by atoms with van der Waals surface area (Å²) < 4.78 is 26.2. The molecule has 4 nitrogen and oxygen atoms in total. The summed E-state index contributed by atoms with van der Waals surface area (Å²) in [7, 11) is -2.02. The predicted octanol–water partition coefficient (Wildman–Crippen LogP) is 0.954. The molecule has 0 unspecified atom stereocenters. The lowest BCUT2D eigenvalue weighted by molar-refractivity contribution is 0.414. The van der Waals surface area contributed by atoms with Crippen LogP contribution >= 0.6 is 0 Å². The Balaban J connectivity index is 2.93. The number of hydrogen-bond acceptors (Lipinski definition) is 3. The second-order valence-corrected chi connectivity index (χ2v) is 4.12. The van der Waals surface area contributed by atoms with Gasteiger partial charge in [0.1, 0.15) is 5.75 Å². The average Bonchev–Trinajstić information content (AvgIpc) is 2.14. The largest absolute Gasteiger partial charge is 0.497 e. The van der Waals surface area contributed by atoms with Gasteiger partial charge in [-0.15, -0.1) is 0 Å². The molecule has 14 heavy (non-hydrogen) atoms. The van der Waals surface area contributed by atoms with E-state index < -0.39 is 10.0 Å². The van der Waals surface area contributed by atoms with Crippen molar-refractivity contribution in [3.63, 3.8) is 0 Å². The van der Waals surface area contributed by atoms with Crippen LogP contribution in [0.3, 0.4) is 0 Å². The second-order valence-electron chi connectivity index (χ2n) is 2.67. The van der Waals surface area contributed by atoms with E-state index in [-0.39, 0.29) is 0 Å². The fourth-order valence-electron chi connectivity index (χ4n) is 0.919. The van der Waals surface area contributed by atoms with E-state index >= 15 is 0 Å². The monoisotopic (exact) mass is 213 g/mol. The lowest BCUT2D eigenvalue weighted by Crippen LogP contribution is -2.06. The number of sulfonamides is 1. The van der Waals surface area contributed by atoms with Crippen LogP contribution in [0.4, 0.5) is 0 Å². The Bertz CT molecular complexity index is 437.